The summed E-state index contributed by atoms with van der Waals surface area (Å²) in [5.41, 5.74) is 4.01. The van der Waals surface area contributed by atoms with Crippen molar-refractivity contribution in [3.63, 3.8) is 0 Å². The Morgan fingerprint density at radius 1 is 1.25 bits per heavy atom. The van der Waals surface area contributed by atoms with E-state index in [2.05, 4.69) is 11.3 Å². The molecule has 7 heteroatoms. The Morgan fingerprint density at radius 2 is 1.96 bits per heavy atom. The fourth-order valence-corrected chi connectivity index (χ4v) is 4.94. The summed E-state index contributed by atoms with van der Waals surface area (Å²) in [5, 5.41) is 9.01. The Morgan fingerprint density at radius 3 is 2.61 bits per heavy atom. The number of fused-ring (bicyclic) bond motifs is 1. The first kappa shape index (κ1) is 20.2. The van der Waals surface area contributed by atoms with Crippen LogP contribution in [0.3, 0.4) is 0 Å². The van der Waals surface area contributed by atoms with Crippen molar-refractivity contribution in [2.24, 2.45) is 0 Å². The lowest BCUT2D eigenvalue weighted by Gasteiger charge is -2.28. The van der Waals surface area contributed by atoms with Crippen LogP contribution in [0, 0.1) is 5.82 Å². The highest BCUT2D eigenvalue weighted by atomic mass is 32.2. The molecule has 5 nitrogen and oxygen atoms in total. The van der Waals surface area contributed by atoms with Crippen LogP contribution in [0.1, 0.15) is 35.1 Å². The molecule has 148 valence electrons. The molecular weight excluding hydrogens is 381 g/mol. The fraction of sp³-hybridized carbons (Fsp3) is 0.286. The number of benzene rings is 2. The fourth-order valence-electron chi connectivity index (χ4n) is 3.67. The van der Waals surface area contributed by atoms with E-state index in [-0.39, 0.29) is 17.4 Å². The molecule has 1 aliphatic carbocycles. The Balaban J connectivity index is 1.81. The van der Waals surface area contributed by atoms with Gasteiger partial charge < -0.3 is 5.11 Å². The van der Waals surface area contributed by atoms with Crippen molar-refractivity contribution in [1.82, 2.24) is 4.72 Å². The van der Waals surface area contributed by atoms with Crippen LogP contribution in [0.4, 0.5) is 4.39 Å². The number of halogens is 1. The number of carboxylic acid groups (broad SMARTS) is 1. The van der Waals surface area contributed by atoms with Gasteiger partial charge in [0.25, 0.3) is 0 Å². The quantitative estimate of drug-likeness (QED) is 0.743. The first-order chi connectivity index (χ1) is 13.3. The van der Waals surface area contributed by atoms with Crippen molar-refractivity contribution in [2.45, 2.75) is 43.0 Å². The van der Waals surface area contributed by atoms with E-state index in [1.165, 1.54) is 12.1 Å². The highest BCUT2D eigenvalue weighted by Gasteiger charge is 2.26. The zero-order valence-corrected chi connectivity index (χ0v) is 16.1. The van der Waals surface area contributed by atoms with E-state index >= 15 is 0 Å². The first-order valence-corrected chi connectivity index (χ1v) is 10.5. The van der Waals surface area contributed by atoms with Gasteiger partial charge in [0.15, 0.2) is 0 Å². The van der Waals surface area contributed by atoms with E-state index in [1.54, 1.807) is 6.08 Å². The third-order valence-corrected chi connectivity index (χ3v) is 6.56. The molecule has 2 aromatic carbocycles. The molecule has 0 fully saturated rings. The Bertz CT molecular complexity index is 1000. The van der Waals surface area contributed by atoms with E-state index in [0.29, 0.717) is 25.7 Å². The van der Waals surface area contributed by atoms with Gasteiger partial charge in [0.2, 0.25) is 10.0 Å². The molecule has 0 spiro atoms. The van der Waals surface area contributed by atoms with Gasteiger partial charge in [-0.15, -0.1) is 0 Å². The van der Waals surface area contributed by atoms with Crippen LogP contribution in [0.15, 0.2) is 47.9 Å². The molecule has 2 N–H and O–H groups in total. The number of hydrogen-bond donors (Lipinski definition) is 2. The highest BCUT2D eigenvalue weighted by molar-refractivity contribution is 7.89. The molecule has 1 unspecified atom stereocenters. The third kappa shape index (κ3) is 4.48. The Hall–Kier alpha value is -2.51. The number of aliphatic carboxylic acids is 1. The second kappa shape index (κ2) is 8.24. The van der Waals surface area contributed by atoms with E-state index in [1.807, 2.05) is 12.1 Å². The lowest BCUT2D eigenvalue weighted by Crippen LogP contribution is -2.39. The monoisotopic (exact) mass is 403 g/mol. The van der Waals surface area contributed by atoms with E-state index in [0.717, 1.165) is 34.4 Å². The molecule has 1 atom stereocenters. The van der Waals surface area contributed by atoms with Gasteiger partial charge in [0, 0.05) is 12.5 Å². The van der Waals surface area contributed by atoms with E-state index < -0.39 is 21.8 Å². The van der Waals surface area contributed by atoms with Crippen LogP contribution < -0.4 is 4.72 Å². The number of carboxylic acids is 1. The first-order valence-electron chi connectivity index (χ1n) is 9.06. The maximum absolute atomic E-state index is 13.1. The molecule has 0 aliphatic heterocycles. The minimum Gasteiger partial charge on any atom is -0.481 e. The smallest absolute Gasteiger partial charge is 0.303 e. The van der Waals surface area contributed by atoms with Gasteiger partial charge in [0.05, 0.1) is 4.90 Å². The summed E-state index contributed by atoms with van der Waals surface area (Å²) >= 11 is 0. The van der Waals surface area contributed by atoms with Gasteiger partial charge in [-0.3, -0.25) is 4.79 Å². The lowest BCUT2D eigenvalue weighted by atomic mass is 9.82. The lowest BCUT2D eigenvalue weighted by molar-refractivity contribution is -0.136. The van der Waals surface area contributed by atoms with Crippen LogP contribution in [-0.4, -0.2) is 25.5 Å². The van der Waals surface area contributed by atoms with E-state index in [9.17, 15) is 17.6 Å². The molecule has 0 saturated carbocycles. The van der Waals surface area contributed by atoms with Crippen molar-refractivity contribution >= 4 is 22.1 Å². The normalized spacial score (nSPS) is 16.4. The number of nitrogens with one attached hydrogen (secondary N) is 1. The van der Waals surface area contributed by atoms with Gasteiger partial charge >= 0.3 is 5.97 Å². The Labute approximate surface area is 164 Å². The maximum atomic E-state index is 13.1. The molecule has 28 heavy (non-hydrogen) atoms. The average Bonchev–Trinajstić information content (AvgIpc) is 2.65. The van der Waals surface area contributed by atoms with Crippen molar-refractivity contribution < 1.29 is 22.7 Å². The van der Waals surface area contributed by atoms with Gasteiger partial charge in [-0.1, -0.05) is 24.8 Å². The average molecular weight is 403 g/mol. The summed E-state index contributed by atoms with van der Waals surface area (Å²) in [5.74, 6) is -1.34. The predicted molar refractivity (Wildman–Crippen MR) is 105 cm³/mol. The third-order valence-electron chi connectivity index (χ3n) is 5.03. The summed E-state index contributed by atoms with van der Waals surface area (Å²) < 4.78 is 40.9. The molecule has 0 heterocycles. The van der Waals surface area contributed by atoms with Crippen molar-refractivity contribution in [3.05, 3.63) is 71.0 Å². The summed E-state index contributed by atoms with van der Waals surface area (Å²) in [4.78, 5) is 11.0. The van der Waals surface area contributed by atoms with Crippen LogP contribution in [-0.2, 0) is 34.1 Å². The predicted octanol–water partition coefficient (Wildman–Crippen LogP) is 3.32. The molecule has 0 radical (unpaired) electrons. The second-order valence-electron chi connectivity index (χ2n) is 6.88. The summed E-state index contributed by atoms with van der Waals surface area (Å²) in [6.45, 7) is 3.81. The molecule has 0 saturated heterocycles. The standard InChI is InChI=1S/C21H22FNO4S/c1-2-14-3-4-15-13-17(7-10-20(15)19(14)11-12-21(24)25)23-28(26,27)18-8-5-16(22)6-9-18/h2-6,8-9,17,23H,1,7,10-13H2,(H,24,25). The van der Waals surface area contributed by atoms with Gasteiger partial charge in [0.1, 0.15) is 5.82 Å². The summed E-state index contributed by atoms with van der Waals surface area (Å²) in [6, 6.07) is 8.31. The largest absolute Gasteiger partial charge is 0.481 e. The molecular formula is C21H22FNO4S. The van der Waals surface area contributed by atoms with Crippen molar-refractivity contribution in [2.75, 3.05) is 0 Å². The molecule has 0 aromatic heterocycles. The van der Waals surface area contributed by atoms with Crippen molar-refractivity contribution in [3.8, 4) is 0 Å². The molecule has 2 aromatic rings. The highest BCUT2D eigenvalue weighted by Crippen LogP contribution is 2.29. The van der Waals surface area contributed by atoms with Crippen LogP contribution in [0.5, 0.6) is 0 Å². The summed E-state index contributed by atoms with van der Waals surface area (Å²) in [7, 11) is -3.73. The summed E-state index contributed by atoms with van der Waals surface area (Å²) in [6.07, 6.45) is 3.97. The topological polar surface area (TPSA) is 83.5 Å². The van der Waals surface area contributed by atoms with Gasteiger partial charge in [-0.25, -0.2) is 17.5 Å². The molecule has 3 rings (SSSR count). The maximum Gasteiger partial charge on any atom is 0.303 e. The van der Waals surface area contributed by atoms with Gasteiger partial charge in [-0.05, 0) is 72.2 Å². The minimum absolute atomic E-state index is 0.0313. The molecule has 1 aliphatic rings. The van der Waals surface area contributed by atoms with Crippen LogP contribution >= 0.6 is 0 Å². The SMILES string of the molecule is C=Cc1ccc2c(c1CCC(=O)O)CCC(NS(=O)(=O)c1ccc(F)cc1)C2. The molecule has 0 bridgehead atoms. The van der Waals surface area contributed by atoms with Crippen LogP contribution in [0.25, 0.3) is 6.08 Å². The van der Waals surface area contributed by atoms with Gasteiger partial charge in [-0.2, -0.15) is 0 Å². The zero-order chi connectivity index (χ0) is 20.3. The number of rotatable bonds is 7. The van der Waals surface area contributed by atoms with E-state index in [4.69, 9.17) is 5.11 Å². The number of carbonyl (C=O) groups is 1. The number of hydrogen-bond acceptors (Lipinski definition) is 3. The minimum atomic E-state index is -3.73. The van der Waals surface area contributed by atoms with Crippen molar-refractivity contribution in [1.29, 1.82) is 0 Å². The Kier molecular flexibility index (Phi) is 5.96. The molecule has 0 amide bonds. The second-order valence-corrected chi connectivity index (χ2v) is 8.60. The zero-order valence-electron chi connectivity index (χ0n) is 15.3. The number of sulfonamides is 1. The van der Waals surface area contributed by atoms with Crippen LogP contribution in [0.2, 0.25) is 0 Å².